The number of aryl methyl sites for hydroxylation is 1. The molecule has 2 aliphatic heterocycles. The summed E-state index contributed by atoms with van der Waals surface area (Å²) in [7, 11) is 0. The largest absolute Gasteiger partial charge is 0.338 e. The minimum absolute atomic E-state index is 0.0690. The molecule has 0 N–H and O–H groups in total. The van der Waals surface area contributed by atoms with Crippen molar-refractivity contribution in [3.05, 3.63) is 41.2 Å². The van der Waals surface area contributed by atoms with Crippen LogP contribution in [0.15, 0.2) is 18.5 Å². The second kappa shape index (κ2) is 7.93. The van der Waals surface area contributed by atoms with Crippen LogP contribution in [0.4, 0.5) is 0 Å². The summed E-state index contributed by atoms with van der Waals surface area (Å²) in [6.45, 7) is 8.06. The molecular weight excluding hydrogens is 368 g/mol. The molecule has 8 nitrogen and oxygen atoms in total. The first-order valence-electron chi connectivity index (χ1n) is 10.3. The first kappa shape index (κ1) is 19.5. The Balaban J connectivity index is 1.48. The van der Waals surface area contributed by atoms with Crippen LogP contribution in [-0.4, -0.2) is 54.5 Å². The summed E-state index contributed by atoms with van der Waals surface area (Å²) in [5, 5.41) is 4.40. The third kappa shape index (κ3) is 4.02. The Bertz CT molecular complexity index is 924. The predicted octanol–water partition coefficient (Wildman–Crippen LogP) is 1.89. The lowest BCUT2D eigenvalue weighted by molar-refractivity contribution is -0.136. The van der Waals surface area contributed by atoms with Gasteiger partial charge in [-0.05, 0) is 25.8 Å². The van der Waals surface area contributed by atoms with E-state index in [2.05, 4.69) is 10.1 Å². The van der Waals surface area contributed by atoms with E-state index in [1.807, 2.05) is 46.8 Å². The zero-order chi connectivity index (χ0) is 20.5. The Morgan fingerprint density at radius 3 is 2.86 bits per heavy atom. The van der Waals surface area contributed by atoms with Crippen LogP contribution in [0.25, 0.3) is 0 Å². The minimum Gasteiger partial charge on any atom is -0.338 e. The topological polar surface area (TPSA) is 84.2 Å². The van der Waals surface area contributed by atoms with Crippen LogP contribution in [0.5, 0.6) is 0 Å². The number of amides is 2. The normalized spacial score (nSPS) is 19.9. The molecule has 1 saturated heterocycles. The van der Waals surface area contributed by atoms with Gasteiger partial charge >= 0.3 is 0 Å². The molecule has 0 unspecified atom stereocenters. The molecule has 0 spiro atoms. The molecular formula is C21H28N6O2. The molecule has 8 heteroatoms. The van der Waals surface area contributed by atoms with E-state index in [0.717, 1.165) is 48.6 Å². The van der Waals surface area contributed by atoms with Crippen molar-refractivity contribution in [1.82, 2.24) is 29.5 Å². The van der Waals surface area contributed by atoms with Gasteiger partial charge in [0.25, 0.3) is 0 Å². The van der Waals surface area contributed by atoms with Gasteiger partial charge in [0, 0.05) is 50.9 Å². The Hall–Kier alpha value is -2.77. The minimum atomic E-state index is -0.156. The summed E-state index contributed by atoms with van der Waals surface area (Å²) in [6.07, 6.45) is 6.33. The second-order valence-corrected chi connectivity index (χ2v) is 8.16. The lowest BCUT2D eigenvalue weighted by Crippen LogP contribution is -2.38. The summed E-state index contributed by atoms with van der Waals surface area (Å²) in [4.78, 5) is 37.9. The fraction of sp³-hybridized carbons (Fsp3) is 0.571. The van der Waals surface area contributed by atoms with Crippen molar-refractivity contribution in [1.29, 1.82) is 0 Å². The average Bonchev–Trinajstić information content (AvgIpc) is 3.35. The molecule has 2 atom stereocenters. The van der Waals surface area contributed by atoms with Crippen LogP contribution in [0.1, 0.15) is 55.5 Å². The number of aromatic nitrogens is 4. The summed E-state index contributed by atoms with van der Waals surface area (Å²) < 4.78 is 1.83. The number of likely N-dealkylation sites (tertiary alicyclic amines) is 1. The standard InChI is InChI=1S/C21H28N6O2/c1-14(12-26-10-6-15(2)24-26)21(29)27-8-4-5-19(27)20-22-11-17-13-25(16(3)28)9-7-18(17)23-20/h6,10-11,14,19H,4-5,7-9,12-13H2,1-3H3/t14-,19-/m0/s1. The van der Waals surface area contributed by atoms with Crippen LogP contribution in [0, 0.1) is 12.8 Å². The smallest absolute Gasteiger partial charge is 0.227 e. The van der Waals surface area contributed by atoms with Gasteiger partial charge in [-0.2, -0.15) is 5.10 Å². The molecule has 4 rings (SSSR count). The van der Waals surface area contributed by atoms with E-state index in [-0.39, 0.29) is 23.8 Å². The second-order valence-electron chi connectivity index (χ2n) is 8.16. The maximum absolute atomic E-state index is 13.1. The summed E-state index contributed by atoms with van der Waals surface area (Å²) in [6, 6.07) is 1.88. The van der Waals surface area contributed by atoms with Crippen molar-refractivity contribution >= 4 is 11.8 Å². The highest BCUT2D eigenvalue weighted by Gasteiger charge is 2.35. The molecule has 0 aliphatic carbocycles. The maximum Gasteiger partial charge on any atom is 0.227 e. The monoisotopic (exact) mass is 396 g/mol. The highest BCUT2D eigenvalue weighted by Crippen LogP contribution is 2.32. The summed E-state index contributed by atoms with van der Waals surface area (Å²) in [5.74, 6) is 0.781. The molecule has 29 heavy (non-hydrogen) atoms. The van der Waals surface area contributed by atoms with Crippen LogP contribution in [0.2, 0.25) is 0 Å². The highest BCUT2D eigenvalue weighted by atomic mass is 16.2. The Labute approximate surface area is 170 Å². The van der Waals surface area contributed by atoms with Crippen molar-refractivity contribution in [2.45, 2.75) is 59.2 Å². The van der Waals surface area contributed by atoms with Gasteiger partial charge < -0.3 is 9.80 Å². The van der Waals surface area contributed by atoms with E-state index < -0.39 is 0 Å². The Morgan fingerprint density at radius 1 is 1.31 bits per heavy atom. The fourth-order valence-electron chi connectivity index (χ4n) is 4.27. The van der Waals surface area contributed by atoms with Gasteiger partial charge in [-0.15, -0.1) is 0 Å². The van der Waals surface area contributed by atoms with Gasteiger partial charge in [-0.3, -0.25) is 14.3 Å². The van der Waals surface area contributed by atoms with E-state index in [1.165, 1.54) is 0 Å². The van der Waals surface area contributed by atoms with Crippen molar-refractivity contribution < 1.29 is 9.59 Å². The van der Waals surface area contributed by atoms with Crippen molar-refractivity contribution in [2.24, 2.45) is 5.92 Å². The van der Waals surface area contributed by atoms with Gasteiger partial charge in [0.15, 0.2) is 5.82 Å². The lowest BCUT2D eigenvalue weighted by Gasteiger charge is -2.29. The molecule has 0 saturated carbocycles. The van der Waals surface area contributed by atoms with E-state index in [9.17, 15) is 9.59 Å². The molecule has 0 bridgehead atoms. The Morgan fingerprint density at radius 2 is 2.14 bits per heavy atom. The zero-order valence-corrected chi connectivity index (χ0v) is 17.3. The predicted molar refractivity (Wildman–Crippen MR) is 107 cm³/mol. The first-order valence-corrected chi connectivity index (χ1v) is 10.3. The molecule has 2 aromatic heterocycles. The number of hydrogen-bond acceptors (Lipinski definition) is 5. The zero-order valence-electron chi connectivity index (χ0n) is 17.3. The van der Waals surface area contributed by atoms with E-state index >= 15 is 0 Å². The summed E-state index contributed by atoms with van der Waals surface area (Å²) in [5.41, 5.74) is 2.97. The maximum atomic E-state index is 13.1. The quantitative estimate of drug-likeness (QED) is 0.788. The molecule has 0 aromatic carbocycles. The SMILES string of the molecule is CC(=O)N1CCc2nc([C@@H]3CCCN3C(=O)[C@@H](C)Cn3ccc(C)n3)ncc2C1. The van der Waals surface area contributed by atoms with Gasteiger partial charge in [0.2, 0.25) is 11.8 Å². The van der Waals surface area contributed by atoms with Gasteiger partial charge in [0.05, 0.1) is 29.9 Å². The highest BCUT2D eigenvalue weighted by molar-refractivity contribution is 5.79. The van der Waals surface area contributed by atoms with Crippen molar-refractivity contribution in [3.63, 3.8) is 0 Å². The van der Waals surface area contributed by atoms with Crippen LogP contribution in [-0.2, 0) is 29.1 Å². The molecule has 2 amide bonds. The third-order valence-electron chi connectivity index (χ3n) is 5.89. The van der Waals surface area contributed by atoms with Gasteiger partial charge in [-0.25, -0.2) is 9.97 Å². The molecule has 4 heterocycles. The Kier molecular flexibility index (Phi) is 5.34. The molecule has 2 aromatic rings. The van der Waals surface area contributed by atoms with Crippen molar-refractivity contribution in [3.8, 4) is 0 Å². The number of carbonyl (C=O) groups excluding carboxylic acids is 2. The van der Waals surface area contributed by atoms with Crippen LogP contribution < -0.4 is 0 Å². The number of nitrogens with zero attached hydrogens (tertiary/aromatic N) is 6. The van der Waals surface area contributed by atoms with Crippen LogP contribution >= 0.6 is 0 Å². The number of fused-ring (bicyclic) bond motifs is 1. The van der Waals surface area contributed by atoms with E-state index in [4.69, 9.17) is 4.98 Å². The summed E-state index contributed by atoms with van der Waals surface area (Å²) >= 11 is 0. The first-order chi connectivity index (χ1) is 13.9. The van der Waals surface area contributed by atoms with E-state index in [0.29, 0.717) is 19.6 Å². The average molecular weight is 396 g/mol. The third-order valence-corrected chi connectivity index (χ3v) is 5.89. The van der Waals surface area contributed by atoms with Crippen LogP contribution in [0.3, 0.4) is 0 Å². The lowest BCUT2D eigenvalue weighted by atomic mass is 10.1. The number of hydrogen-bond donors (Lipinski definition) is 0. The fourth-order valence-corrected chi connectivity index (χ4v) is 4.27. The van der Waals surface area contributed by atoms with E-state index in [1.54, 1.807) is 6.92 Å². The molecule has 1 fully saturated rings. The molecule has 154 valence electrons. The van der Waals surface area contributed by atoms with Gasteiger partial charge in [0.1, 0.15) is 0 Å². The van der Waals surface area contributed by atoms with Gasteiger partial charge in [-0.1, -0.05) is 6.92 Å². The van der Waals surface area contributed by atoms with Crippen molar-refractivity contribution in [2.75, 3.05) is 13.1 Å². The number of rotatable bonds is 4. The molecule has 0 radical (unpaired) electrons. The number of carbonyl (C=O) groups is 2. The molecule has 2 aliphatic rings.